The first kappa shape index (κ1) is 17.5. The molecule has 0 saturated carbocycles. The van der Waals surface area contributed by atoms with Crippen LogP contribution in [0.3, 0.4) is 0 Å². The number of nitrogen functional groups attached to an aromatic ring is 1. The SMILES string of the molecule is CCOC(=O)c1ccc(S(=O)(=O)NC2CCCc3cc(N)ccc32)o1. The van der Waals surface area contributed by atoms with Crippen LogP contribution in [0.2, 0.25) is 0 Å². The van der Waals surface area contributed by atoms with Crippen molar-refractivity contribution in [2.24, 2.45) is 0 Å². The van der Waals surface area contributed by atoms with E-state index in [4.69, 9.17) is 14.9 Å². The van der Waals surface area contributed by atoms with E-state index >= 15 is 0 Å². The second kappa shape index (κ2) is 6.89. The van der Waals surface area contributed by atoms with E-state index < -0.39 is 16.0 Å². The zero-order valence-corrected chi connectivity index (χ0v) is 14.6. The Morgan fingerprint density at radius 3 is 2.92 bits per heavy atom. The van der Waals surface area contributed by atoms with Crippen molar-refractivity contribution in [2.45, 2.75) is 37.3 Å². The minimum absolute atomic E-state index is 0.140. The number of anilines is 1. The summed E-state index contributed by atoms with van der Waals surface area (Å²) in [6, 6.07) is 7.68. The molecule has 25 heavy (non-hydrogen) atoms. The number of esters is 1. The van der Waals surface area contributed by atoms with Crippen LogP contribution in [0.5, 0.6) is 0 Å². The van der Waals surface area contributed by atoms with E-state index in [1.54, 1.807) is 13.0 Å². The van der Waals surface area contributed by atoms with Gasteiger partial charge in [0.25, 0.3) is 10.0 Å². The molecule has 8 heteroatoms. The fourth-order valence-corrected chi connectivity index (χ4v) is 4.16. The lowest BCUT2D eigenvalue weighted by Gasteiger charge is -2.26. The molecule has 0 spiro atoms. The van der Waals surface area contributed by atoms with Crippen LogP contribution in [0.1, 0.15) is 47.5 Å². The van der Waals surface area contributed by atoms with Gasteiger partial charge in [-0.1, -0.05) is 6.07 Å². The van der Waals surface area contributed by atoms with Crippen LogP contribution in [-0.2, 0) is 21.2 Å². The summed E-state index contributed by atoms with van der Waals surface area (Å²) < 4.78 is 37.8. The van der Waals surface area contributed by atoms with Crippen molar-refractivity contribution in [2.75, 3.05) is 12.3 Å². The van der Waals surface area contributed by atoms with Crippen LogP contribution >= 0.6 is 0 Å². The van der Waals surface area contributed by atoms with Crippen LogP contribution in [-0.4, -0.2) is 21.0 Å². The summed E-state index contributed by atoms with van der Waals surface area (Å²) in [4.78, 5) is 11.6. The molecule has 134 valence electrons. The van der Waals surface area contributed by atoms with Gasteiger partial charge in [-0.25, -0.2) is 17.9 Å². The Bertz CT molecular complexity index is 888. The molecule has 1 unspecified atom stereocenters. The third-order valence-corrected chi connectivity index (χ3v) is 5.45. The first-order chi connectivity index (χ1) is 11.9. The second-order valence-electron chi connectivity index (χ2n) is 5.86. The standard InChI is InChI=1S/C17H20N2O5S/c1-2-23-17(20)15-8-9-16(24-15)25(21,22)19-14-5-3-4-11-10-12(18)6-7-13(11)14/h6-10,14,19H,2-5,18H2,1H3. The molecule has 0 aliphatic heterocycles. The Morgan fingerprint density at radius 1 is 1.36 bits per heavy atom. The van der Waals surface area contributed by atoms with Crippen LogP contribution in [0.15, 0.2) is 39.8 Å². The van der Waals surface area contributed by atoms with Gasteiger partial charge < -0.3 is 14.9 Å². The largest absolute Gasteiger partial charge is 0.460 e. The molecule has 0 saturated heterocycles. The predicted octanol–water partition coefficient (Wildman–Crippen LogP) is 2.39. The first-order valence-electron chi connectivity index (χ1n) is 8.08. The van der Waals surface area contributed by atoms with Crippen molar-refractivity contribution in [3.63, 3.8) is 0 Å². The van der Waals surface area contributed by atoms with E-state index in [1.807, 2.05) is 12.1 Å². The van der Waals surface area contributed by atoms with Crippen LogP contribution in [0, 0.1) is 0 Å². The number of hydrogen-bond acceptors (Lipinski definition) is 6. The fourth-order valence-electron chi connectivity index (χ4n) is 2.98. The summed E-state index contributed by atoms with van der Waals surface area (Å²) in [6.07, 6.45) is 2.41. The van der Waals surface area contributed by atoms with Crippen molar-refractivity contribution >= 4 is 21.7 Å². The summed E-state index contributed by atoms with van der Waals surface area (Å²) >= 11 is 0. The third-order valence-electron chi connectivity index (χ3n) is 4.10. The molecular formula is C17H20N2O5S. The zero-order valence-electron chi connectivity index (χ0n) is 13.8. The summed E-state index contributed by atoms with van der Waals surface area (Å²) in [5, 5.41) is -0.307. The summed E-state index contributed by atoms with van der Waals surface area (Å²) in [7, 11) is -3.90. The number of furan rings is 1. The molecule has 1 atom stereocenters. The van der Waals surface area contributed by atoms with Crippen molar-refractivity contribution in [1.82, 2.24) is 4.72 Å². The number of hydrogen-bond donors (Lipinski definition) is 2. The second-order valence-corrected chi connectivity index (χ2v) is 7.51. The highest BCUT2D eigenvalue weighted by Gasteiger charge is 2.28. The third kappa shape index (κ3) is 3.69. The Morgan fingerprint density at radius 2 is 2.16 bits per heavy atom. The number of carbonyl (C=O) groups is 1. The molecule has 3 N–H and O–H groups in total. The van der Waals surface area contributed by atoms with Crippen molar-refractivity contribution < 1.29 is 22.4 Å². The lowest BCUT2D eigenvalue weighted by molar-refractivity contribution is 0.0484. The average Bonchev–Trinajstić information content (AvgIpc) is 3.06. The lowest BCUT2D eigenvalue weighted by atomic mass is 9.88. The Labute approximate surface area is 146 Å². The molecule has 1 aromatic heterocycles. The molecule has 0 amide bonds. The van der Waals surface area contributed by atoms with E-state index in [1.165, 1.54) is 12.1 Å². The van der Waals surface area contributed by atoms with Gasteiger partial charge in [0.2, 0.25) is 10.9 Å². The van der Waals surface area contributed by atoms with Gasteiger partial charge in [-0.15, -0.1) is 0 Å². The molecule has 1 aliphatic rings. The number of sulfonamides is 1. The van der Waals surface area contributed by atoms with Gasteiger partial charge >= 0.3 is 5.97 Å². The van der Waals surface area contributed by atoms with Gasteiger partial charge in [0, 0.05) is 11.7 Å². The molecule has 0 bridgehead atoms. The molecular weight excluding hydrogens is 344 g/mol. The molecule has 2 aromatic rings. The maximum absolute atomic E-state index is 12.6. The molecule has 1 aliphatic carbocycles. The maximum atomic E-state index is 12.6. The Balaban J connectivity index is 1.82. The van der Waals surface area contributed by atoms with Crippen molar-refractivity contribution in [3.8, 4) is 0 Å². The molecule has 7 nitrogen and oxygen atoms in total. The van der Waals surface area contributed by atoms with Crippen molar-refractivity contribution in [1.29, 1.82) is 0 Å². The van der Waals surface area contributed by atoms with Gasteiger partial charge in [-0.05, 0) is 61.6 Å². The Hall–Kier alpha value is -2.32. The quantitative estimate of drug-likeness (QED) is 0.622. The van der Waals surface area contributed by atoms with E-state index in [0.717, 1.165) is 24.0 Å². The number of benzene rings is 1. The maximum Gasteiger partial charge on any atom is 0.374 e. The van der Waals surface area contributed by atoms with E-state index in [9.17, 15) is 13.2 Å². The average molecular weight is 364 g/mol. The number of carbonyl (C=O) groups excluding carboxylic acids is 1. The summed E-state index contributed by atoms with van der Waals surface area (Å²) in [5.74, 6) is -0.832. The number of fused-ring (bicyclic) bond motifs is 1. The van der Waals surface area contributed by atoms with Gasteiger partial charge in [-0.2, -0.15) is 0 Å². The highest BCUT2D eigenvalue weighted by Crippen LogP contribution is 2.32. The van der Waals surface area contributed by atoms with E-state index in [-0.39, 0.29) is 23.5 Å². The molecule has 0 radical (unpaired) electrons. The number of nitrogens with one attached hydrogen (secondary N) is 1. The zero-order chi connectivity index (χ0) is 18.0. The topological polar surface area (TPSA) is 112 Å². The predicted molar refractivity (Wildman–Crippen MR) is 91.5 cm³/mol. The highest BCUT2D eigenvalue weighted by atomic mass is 32.2. The van der Waals surface area contributed by atoms with Crippen LogP contribution < -0.4 is 10.5 Å². The number of aryl methyl sites for hydroxylation is 1. The first-order valence-corrected chi connectivity index (χ1v) is 9.56. The van der Waals surface area contributed by atoms with Gasteiger partial charge in [0.05, 0.1) is 6.61 Å². The number of rotatable bonds is 5. The van der Waals surface area contributed by atoms with E-state index in [2.05, 4.69) is 4.72 Å². The van der Waals surface area contributed by atoms with E-state index in [0.29, 0.717) is 12.1 Å². The normalized spacial score (nSPS) is 17.1. The minimum Gasteiger partial charge on any atom is -0.460 e. The van der Waals surface area contributed by atoms with Crippen LogP contribution in [0.4, 0.5) is 5.69 Å². The fraction of sp³-hybridized carbons (Fsp3) is 0.353. The molecule has 3 rings (SSSR count). The monoisotopic (exact) mass is 364 g/mol. The Kier molecular flexibility index (Phi) is 4.82. The highest BCUT2D eigenvalue weighted by molar-refractivity contribution is 7.89. The van der Waals surface area contributed by atoms with Crippen molar-refractivity contribution in [3.05, 3.63) is 47.2 Å². The molecule has 1 aromatic carbocycles. The smallest absolute Gasteiger partial charge is 0.374 e. The van der Waals surface area contributed by atoms with Gasteiger partial charge in [-0.3, -0.25) is 0 Å². The lowest BCUT2D eigenvalue weighted by Crippen LogP contribution is -2.31. The van der Waals surface area contributed by atoms with Gasteiger partial charge in [0.1, 0.15) is 0 Å². The number of nitrogens with two attached hydrogens (primary N) is 1. The van der Waals surface area contributed by atoms with Gasteiger partial charge in [0.15, 0.2) is 0 Å². The summed E-state index contributed by atoms with van der Waals surface area (Å²) in [6.45, 7) is 1.84. The van der Waals surface area contributed by atoms with Crippen LogP contribution in [0.25, 0.3) is 0 Å². The summed E-state index contributed by atoms with van der Waals surface area (Å²) in [5.41, 5.74) is 8.43. The number of ether oxygens (including phenoxy) is 1. The minimum atomic E-state index is -3.90. The molecule has 0 fully saturated rings. The molecule has 1 heterocycles.